The largest absolute Gasteiger partial charge is 0.347 e. The maximum Gasteiger partial charge on any atom is 0.173 e. The van der Waals surface area contributed by atoms with Crippen LogP contribution in [0.4, 0.5) is 0 Å². The van der Waals surface area contributed by atoms with E-state index in [9.17, 15) is 0 Å². The van der Waals surface area contributed by atoms with E-state index < -0.39 is 0 Å². The Labute approximate surface area is 104 Å². The SMILES string of the molecule is CC1COC2(CCc3cccc(Br)c3C2)O1. The first-order valence-electron chi connectivity index (χ1n) is 5.77. The van der Waals surface area contributed by atoms with Gasteiger partial charge in [0.05, 0.1) is 12.7 Å². The van der Waals surface area contributed by atoms with Gasteiger partial charge in [-0.2, -0.15) is 0 Å². The summed E-state index contributed by atoms with van der Waals surface area (Å²) in [5.41, 5.74) is 2.77. The molecule has 86 valence electrons. The fourth-order valence-electron chi connectivity index (χ4n) is 2.65. The van der Waals surface area contributed by atoms with Gasteiger partial charge in [0.1, 0.15) is 0 Å². The summed E-state index contributed by atoms with van der Waals surface area (Å²) in [6, 6.07) is 6.39. The number of benzene rings is 1. The molecule has 0 amide bonds. The average molecular weight is 283 g/mol. The fraction of sp³-hybridized carbons (Fsp3) is 0.538. The predicted octanol–water partition coefficient (Wildman–Crippen LogP) is 3.07. The fourth-order valence-corrected chi connectivity index (χ4v) is 3.19. The molecule has 1 fully saturated rings. The van der Waals surface area contributed by atoms with Gasteiger partial charge in [-0.15, -0.1) is 0 Å². The average Bonchev–Trinajstić information content (AvgIpc) is 2.62. The summed E-state index contributed by atoms with van der Waals surface area (Å²) in [5, 5.41) is 0. The molecule has 0 radical (unpaired) electrons. The molecule has 2 nitrogen and oxygen atoms in total. The van der Waals surface area contributed by atoms with Crippen LogP contribution in [0.25, 0.3) is 0 Å². The van der Waals surface area contributed by atoms with E-state index in [2.05, 4.69) is 41.1 Å². The smallest absolute Gasteiger partial charge is 0.173 e. The molecule has 0 bridgehead atoms. The monoisotopic (exact) mass is 282 g/mol. The van der Waals surface area contributed by atoms with Crippen LogP contribution in [0.3, 0.4) is 0 Å². The molecule has 0 saturated carbocycles. The third-order valence-corrected chi connectivity index (χ3v) is 4.18. The van der Waals surface area contributed by atoms with Gasteiger partial charge < -0.3 is 9.47 Å². The van der Waals surface area contributed by atoms with Crippen molar-refractivity contribution in [1.29, 1.82) is 0 Å². The summed E-state index contributed by atoms with van der Waals surface area (Å²) in [6.07, 6.45) is 3.11. The Morgan fingerprint density at radius 3 is 3.06 bits per heavy atom. The van der Waals surface area contributed by atoms with E-state index in [4.69, 9.17) is 9.47 Å². The van der Waals surface area contributed by atoms with Crippen molar-refractivity contribution in [2.24, 2.45) is 0 Å². The first-order chi connectivity index (χ1) is 7.69. The Balaban J connectivity index is 1.94. The van der Waals surface area contributed by atoms with E-state index in [0.29, 0.717) is 0 Å². The Morgan fingerprint density at radius 1 is 1.44 bits per heavy atom. The van der Waals surface area contributed by atoms with E-state index in [0.717, 1.165) is 25.9 Å². The molecule has 3 rings (SSSR count). The van der Waals surface area contributed by atoms with E-state index in [1.54, 1.807) is 0 Å². The van der Waals surface area contributed by atoms with Crippen molar-refractivity contribution >= 4 is 15.9 Å². The lowest BCUT2D eigenvalue weighted by Crippen LogP contribution is -2.37. The van der Waals surface area contributed by atoms with Crippen molar-refractivity contribution < 1.29 is 9.47 Å². The van der Waals surface area contributed by atoms with E-state index in [1.807, 2.05) is 0 Å². The van der Waals surface area contributed by atoms with Gasteiger partial charge in [-0.25, -0.2) is 0 Å². The highest BCUT2D eigenvalue weighted by molar-refractivity contribution is 9.10. The predicted molar refractivity (Wildman–Crippen MR) is 65.4 cm³/mol. The highest BCUT2D eigenvalue weighted by Gasteiger charge is 2.42. The number of halogens is 1. The molecule has 1 saturated heterocycles. The Kier molecular flexibility index (Phi) is 2.57. The van der Waals surface area contributed by atoms with Crippen LogP contribution in [0.1, 0.15) is 24.5 Å². The molecular weight excluding hydrogens is 268 g/mol. The highest BCUT2D eigenvalue weighted by atomic mass is 79.9. The van der Waals surface area contributed by atoms with Crippen molar-refractivity contribution in [2.75, 3.05) is 6.61 Å². The van der Waals surface area contributed by atoms with Crippen molar-refractivity contribution in [3.05, 3.63) is 33.8 Å². The quantitative estimate of drug-likeness (QED) is 0.728. The van der Waals surface area contributed by atoms with E-state index in [-0.39, 0.29) is 11.9 Å². The lowest BCUT2D eigenvalue weighted by molar-refractivity contribution is -0.173. The van der Waals surface area contributed by atoms with Gasteiger partial charge in [-0.05, 0) is 30.5 Å². The molecule has 1 spiro atoms. The standard InChI is InChI=1S/C13H15BrO2/c1-9-8-15-13(16-9)6-5-10-3-2-4-12(14)11(10)7-13/h2-4,9H,5-8H2,1H3. The second-order valence-corrected chi connectivity index (χ2v) is 5.56. The lowest BCUT2D eigenvalue weighted by atomic mass is 9.87. The second kappa shape index (κ2) is 3.83. The number of aryl methyl sites for hydroxylation is 1. The molecule has 1 aliphatic carbocycles. The molecule has 2 atom stereocenters. The minimum atomic E-state index is -0.351. The summed E-state index contributed by atoms with van der Waals surface area (Å²) in [6.45, 7) is 2.80. The molecular formula is C13H15BrO2. The first kappa shape index (κ1) is 10.8. The molecule has 1 aromatic carbocycles. The van der Waals surface area contributed by atoms with Gasteiger partial charge >= 0.3 is 0 Å². The highest BCUT2D eigenvalue weighted by Crippen LogP contribution is 2.39. The lowest BCUT2D eigenvalue weighted by Gasteiger charge is -2.33. The van der Waals surface area contributed by atoms with Gasteiger partial charge in [0.25, 0.3) is 0 Å². The van der Waals surface area contributed by atoms with Gasteiger partial charge in [0.15, 0.2) is 5.79 Å². The number of hydrogen-bond donors (Lipinski definition) is 0. The van der Waals surface area contributed by atoms with Crippen molar-refractivity contribution in [3.63, 3.8) is 0 Å². The van der Waals surface area contributed by atoms with E-state index in [1.165, 1.54) is 15.6 Å². The molecule has 3 heteroatoms. The van der Waals surface area contributed by atoms with Crippen molar-refractivity contribution in [2.45, 2.75) is 38.1 Å². The Hall–Kier alpha value is -0.380. The zero-order valence-electron chi connectivity index (χ0n) is 9.33. The maximum absolute atomic E-state index is 5.96. The number of ether oxygens (including phenoxy) is 2. The van der Waals surface area contributed by atoms with Crippen LogP contribution in [-0.4, -0.2) is 18.5 Å². The minimum absolute atomic E-state index is 0.226. The number of rotatable bonds is 0. The third-order valence-electron chi connectivity index (χ3n) is 3.43. The zero-order chi connectivity index (χ0) is 11.2. The van der Waals surface area contributed by atoms with Crippen LogP contribution >= 0.6 is 15.9 Å². The molecule has 1 aliphatic heterocycles. The summed E-state index contributed by atoms with van der Waals surface area (Å²) in [7, 11) is 0. The molecule has 1 aromatic rings. The van der Waals surface area contributed by atoms with Crippen LogP contribution < -0.4 is 0 Å². The summed E-state index contributed by atoms with van der Waals surface area (Å²) in [4.78, 5) is 0. The summed E-state index contributed by atoms with van der Waals surface area (Å²) < 4.78 is 13.0. The third kappa shape index (κ3) is 1.71. The minimum Gasteiger partial charge on any atom is -0.347 e. The molecule has 16 heavy (non-hydrogen) atoms. The van der Waals surface area contributed by atoms with Crippen LogP contribution in [0.15, 0.2) is 22.7 Å². The molecule has 0 aromatic heterocycles. The van der Waals surface area contributed by atoms with Gasteiger partial charge in [0, 0.05) is 17.3 Å². The first-order valence-corrected chi connectivity index (χ1v) is 6.56. The van der Waals surface area contributed by atoms with Gasteiger partial charge in [-0.1, -0.05) is 28.1 Å². The molecule has 0 N–H and O–H groups in total. The topological polar surface area (TPSA) is 18.5 Å². The van der Waals surface area contributed by atoms with Crippen molar-refractivity contribution in [1.82, 2.24) is 0 Å². The molecule has 1 heterocycles. The number of hydrogen-bond acceptors (Lipinski definition) is 2. The number of fused-ring (bicyclic) bond motifs is 1. The van der Waals surface area contributed by atoms with Gasteiger partial charge in [-0.3, -0.25) is 0 Å². The Bertz CT molecular complexity index is 418. The summed E-state index contributed by atoms with van der Waals surface area (Å²) >= 11 is 3.62. The normalized spacial score (nSPS) is 33.0. The zero-order valence-corrected chi connectivity index (χ0v) is 10.9. The van der Waals surface area contributed by atoms with Crippen LogP contribution in [0, 0.1) is 0 Å². The summed E-state index contributed by atoms with van der Waals surface area (Å²) in [5.74, 6) is -0.351. The maximum atomic E-state index is 5.96. The molecule has 2 unspecified atom stereocenters. The molecule has 2 aliphatic rings. The van der Waals surface area contributed by atoms with E-state index >= 15 is 0 Å². The van der Waals surface area contributed by atoms with Crippen LogP contribution in [0.2, 0.25) is 0 Å². The van der Waals surface area contributed by atoms with Crippen LogP contribution in [0.5, 0.6) is 0 Å². The Morgan fingerprint density at radius 2 is 2.31 bits per heavy atom. The second-order valence-electron chi connectivity index (χ2n) is 4.70. The van der Waals surface area contributed by atoms with Crippen LogP contribution in [-0.2, 0) is 22.3 Å². The van der Waals surface area contributed by atoms with Crippen molar-refractivity contribution in [3.8, 4) is 0 Å². The van der Waals surface area contributed by atoms with Gasteiger partial charge in [0.2, 0.25) is 0 Å².